The van der Waals surface area contributed by atoms with Crippen LogP contribution in [0.4, 0.5) is 0 Å². The van der Waals surface area contributed by atoms with Gasteiger partial charge in [-0.1, -0.05) is 0 Å². The molecule has 0 atom stereocenters. The first kappa shape index (κ1) is 14.9. The second kappa shape index (κ2) is 6.39. The number of aromatic nitrogens is 2. The number of pyridine rings is 1. The second-order valence-corrected chi connectivity index (χ2v) is 5.18. The molecule has 6 heteroatoms. The molecule has 0 fully saturated rings. The Balaban J connectivity index is 1.60. The first-order valence-electron chi connectivity index (χ1n) is 7.29. The number of nitrogens with one attached hydrogen (secondary N) is 1. The minimum absolute atomic E-state index is 0.0598. The van der Waals surface area contributed by atoms with Crippen molar-refractivity contribution in [3.63, 3.8) is 0 Å². The van der Waals surface area contributed by atoms with Crippen LogP contribution in [0.15, 0.2) is 58.2 Å². The molecule has 0 aromatic carbocycles. The highest BCUT2D eigenvalue weighted by molar-refractivity contribution is 5.91. The zero-order chi connectivity index (χ0) is 16.2. The topological polar surface area (TPSA) is 69.2 Å². The van der Waals surface area contributed by atoms with Gasteiger partial charge in [-0.15, -0.1) is 0 Å². The van der Waals surface area contributed by atoms with Crippen molar-refractivity contribution in [1.29, 1.82) is 0 Å². The molecule has 3 heterocycles. The number of amides is 1. The van der Waals surface area contributed by atoms with Crippen LogP contribution in [-0.2, 0) is 18.4 Å². The molecule has 0 spiro atoms. The van der Waals surface area contributed by atoms with Crippen LogP contribution in [-0.4, -0.2) is 21.6 Å². The summed E-state index contributed by atoms with van der Waals surface area (Å²) in [5.41, 5.74) is 0.604. The van der Waals surface area contributed by atoms with Crippen LogP contribution in [0.5, 0.6) is 0 Å². The van der Waals surface area contributed by atoms with Crippen molar-refractivity contribution in [3.8, 4) is 0 Å². The highest BCUT2D eigenvalue weighted by atomic mass is 16.3. The molecule has 0 aliphatic carbocycles. The summed E-state index contributed by atoms with van der Waals surface area (Å²) in [5, 5.41) is 3.66. The van der Waals surface area contributed by atoms with Crippen LogP contribution >= 0.6 is 0 Å². The van der Waals surface area contributed by atoms with Gasteiger partial charge >= 0.3 is 0 Å². The molecule has 0 aliphatic rings. The number of hydrogen-bond acceptors (Lipinski definition) is 3. The molecule has 6 nitrogen and oxygen atoms in total. The van der Waals surface area contributed by atoms with Crippen LogP contribution in [0, 0.1) is 0 Å². The van der Waals surface area contributed by atoms with Crippen LogP contribution in [0.3, 0.4) is 0 Å². The molecule has 23 heavy (non-hydrogen) atoms. The molecule has 3 aromatic rings. The van der Waals surface area contributed by atoms with E-state index in [4.69, 9.17) is 4.42 Å². The lowest BCUT2D eigenvalue weighted by Crippen LogP contribution is -2.30. The number of nitrogens with zero attached hydrogens (tertiary/aromatic N) is 2. The Hall–Kier alpha value is -3.02. The zero-order valence-electron chi connectivity index (χ0n) is 12.7. The summed E-state index contributed by atoms with van der Waals surface area (Å²) in [5.74, 6) is 0.389. The number of hydrogen-bond donors (Lipinski definition) is 1. The van der Waals surface area contributed by atoms with Crippen molar-refractivity contribution in [1.82, 2.24) is 14.5 Å². The second-order valence-electron chi connectivity index (χ2n) is 5.18. The molecule has 0 saturated carbocycles. The first-order valence-corrected chi connectivity index (χ1v) is 7.29. The Bertz CT molecular complexity index is 901. The molecule has 0 aliphatic heterocycles. The fourth-order valence-electron chi connectivity index (χ4n) is 2.41. The standard InChI is InChI=1S/C17H17N3O3/c1-19-9-6-13-7-10-20(17(22)16(13)19)11-8-18-15(21)5-4-14-3-2-12-23-14/h2-7,9-10,12H,8,11H2,1H3,(H,18,21)/b5-4+. The monoisotopic (exact) mass is 311 g/mol. The summed E-state index contributed by atoms with van der Waals surface area (Å²) < 4.78 is 8.50. The first-order chi connectivity index (χ1) is 11.1. The van der Waals surface area contributed by atoms with Crippen LogP contribution in [0.25, 0.3) is 17.0 Å². The van der Waals surface area contributed by atoms with Gasteiger partial charge < -0.3 is 18.9 Å². The Morgan fingerprint density at radius 2 is 2.13 bits per heavy atom. The van der Waals surface area contributed by atoms with Crippen LogP contribution < -0.4 is 10.9 Å². The van der Waals surface area contributed by atoms with Gasteiger partial charge in [0.2, 0.25) is 5.91 Å². The molecule has 1 amide bonds. The average molecular weight is 311 g/mol. The third-order valence-corrected chi connectivity index (χ3v) is 3.60. The van der Waals surface area contributed by atoms with Crippen molar-refractivity contribution in [2.24, 2.45) is 7.05 Å². The van der Waals surface area contributed by atoms with E-state index >= 15 is 0 Å². The lowest BCUT2D eigenvalue weighted by atomic mass is 10.3. The van der Waals surface area contributed by atoms with Crippen molar-refractivity contribution in [3.05, 3.63) is 65.1 Å². The molecular weight excluding hydrogens is 294 g/mol. The van der Waals surface area contributed by atoms with Crippen molar-refractivity contribution in [2.45, 2.75) is 6.54 Å². The number of rotatable bonds is 5. The van der Waals surface area contributed by atoms with Gasteiger partial charge in [-0.25, -0.2) is 0 Å². The SMILES string of the molecule is Cn1ccc2ccn(CCNC(=O)/C=C/c3ccco3)c(=O)c21. The fraction of sp³-hybridized carbons (Fsp3) is 0.176. The number of furan rings is 1. The van der Waals surface area contributed by atoms with Gasteiger partial charge in [-0.3, -0.25) is 9.59 Å². The number of aryl methyl sites for hydroxylation is 1. The molecule has 3 aromatic heterocycles. The van der Waals surface area contributed by atoms with Gasteiger partial charge in [0.25, 0.3) is 5.56 Å². The maximum atomic E-state index is 12.4. The quantitative estimate of drug-likeness (QED) is 0.730. The Kier molecular flexibility index (Phi) is 4.14. The summed E-state index contributed by atoms with van der Waals surface area (Å²) >= 11 is 0. The van der Waals surface area contributed by atoms with E-state index in [1.807, 2.05) is 25.4 Å². The Morgan fingerprint density at radius 3 is 2.91 bits per heavy atom. The summed E-state index contributed by atoms with van der Waals surface area (Å²) in [6, 6.07) is 7.32. The van der Waals surface area contributed by atoms with E-state index in [0.29, 0.717) is 24.4 Å². The molecule has 118 valence electrons. The van der Waals surface area contributed by atoms with E-state index in [-0.39, 0.29) is 11.5 Å². The van der Waals surface area contributed by atoms with Gasteiger partial charge in [0.15, 0.2) is 0 Å². The largest absolute Gasteiger partial charge is 0.465 e. The highest BCUT2D eigenvalue weighted by Crippen LogP contribution is 2.09. The number of carbonyl (C=O) groups is 1. The molecule has 1 N–H and O–H groups in total. The smallest absolute Gasteiger partial charge is 0.275 e. The van der Waals surface area contributed by atoms with E-state index < -0.39 is 0 Å². The lowest BCUT2D eigenvalue weighted by molar-refractivity contribution is -0.116. The van der Waals surface area contributed by atoms with Crippen LogP contribution in [0.1, 0.15) is 5.76 Å². The van der Waals surface area contributed by atoms with Crippen LogP contribution in [0.2, 0.25) is 0 Å². The molecule has 3 rings (SSSR count). The van der Waals surface area contributed by atoms with Gasteiger partial charge in [0.1, 0.15) is 11.3 Å². The molecule has 0 saturated heterocycles. The number of carbonyl (C=O) groups excluding carboxylic acids is 1. The molecule has 0 radical (unpaired) electrons. The lowest BCUT2D eigenvalue weighted by Gasteiger charge is -2.07. The summed E-state index contributed by atoms with van der Waals surface area (Å²) in [6.45, 7) is 0.789. The van der Waals surface area contributed by atoms with Gasteiger partial charge in [0.05, 0.1) is 6.26 Å². The Morgan fingerprint density at radius 1 is 1.30 bits per heavy atom. The van der Waals surface area contributed by atoms with E-state index in [2.05, 4.69) is 5.32 Å². The van der Waals surface area contributed by atoms with Gasteiger partial charge in [-0.05, 0) is 30.3 Å². The molecule has 0 bridgehead atoms. The predicted molar refractivity (Wildman–Crippen MR) is 87.9 cm³/mol. The minimum Gasteiger partial charge on any atom is -0.465 e. The normalized spacial score (nSPS) is 11.3. The fourth-order valence-corrected chi connectivity index (χ4v) is 2.41. The van der Waals surface area contributed by atoms with E-state index in [1.165, 1.54) is 6.08 Å². The predicted octanol–water partition coefficient (Wildman–Crippen LogP) is 1.76. The summed E-state index contributed by atoms with van der Waals surface area (Å²) in [7, 11) is 1.84. The van der Waals surface area contributed by atoms with Crippen molar-refractivity contribution < 1.29 is 9.21 Å². The van der Waals surface area contributed by atoms with E-state index in [1.54, 1.807) is 39.8 Å². The average Bonchev–Trinajstić information content (AvgIpc) is 3.18. The van der Waals surface area contributed by atoms with E-state index in [9.17, 15) is 9.59 Å². The van der Waals surface area contributed by atoms with Gasteiger partial charge in [-0.2, -0.15) is 0 Å². The summed E-state index contributed by atoms with van der Waals surface area (Å²) in [4.78, 5) is 24.1. The zero-order valence-corrected chi connectivity index (χ0v) is 12.7. The van der Waals surface area contributed by atoms with Crippen molar-refractivity contribution >= 4 is 22.9 Å². The minimum atomic E-state index is -0.227. The Labute approximate surface area is 132 Å². The third-order valence-electron chi connectivity index (χ3n) is 3.60. The number of fused-ring (bicyclic) bond motifs is 1. The maximum Gasteiger partial charge on any atom is 0.275 e. The van der Waals surface area contributed by atoms with Gasteiger partial charge in [0, 0.05) is 44.0 Å². The van der Waals surface area contributed by atoms with E-state index in [0.717, 1.165) is 5.39 Å². The molecule has 0 unspecified atom stereocenters. The third kappa shape index (κ3) is 3.26. The molecular formula is C17H17N3O3. The maximum absolute atomic E-state index is 12.4. The summed E-state index contributed by atoms with van der Waals surface area (Å²) in [6.07, 6.45) is 8.15. The van der Waals surface area contributed by atoms with Crippen molar-refractivity contribution in [2.75, 3.05) is 6.54 Å². The highest BCUT2D eigenvalue weighted by Gasteiger charge is 2.06.